The van der Waals surface area contributed by atoms with Gasteiger partial charge in [0.15, 0.2) is 5.78 Å². The zero-order chi connectivity index (χ0) is 18.7. The molecule has 6 heteroatoms. The van der Waals surface area contributed by atoms with Crippen molar-refractivity contribution in [1.82, 2.24) is 0 Å². The van der Waals surface area contributed by atoms with E-state index in [0.29, 0.717) is 22.0 Å². The number of nitrogens with one attached hydrogen (secondary N) is 1. The first-order valence-electron chi connectivity index (χ1n) is 8.48. The Labute approximate surface area is 162 Å². The number of benzene rings is 2. The largest absolute Gasteiger partial charge is 0.481 e. The molecule has 1 heterocycles. The number of carbonyl (C=O) groups excluding carboxylic acids is 1. The summed E-state index contributed by atoms with van der Waals surface area (Å²) in [4.78, 5) is 24.1. The molecule has 0 bridgehead atoms. The summed E-state index contributed by atoms with van der Waals surface area (Å²) in [5.41, 5.74) is 2.89. The molecule has 4 nitrogen and oxygen atoms in total. The molecule has 2 N–H and O–H groups in total. The van der Waals surface area contributed by atoms with E-state index in [2.05, 4.69) is 5.32 Å². The maximum Gasteiger partial charge on any atom is 0.303 e. The normalized spacial score (nSPS) is 17.1. The summed E-state index contributed by atoms with van der Waals surface area (Å²) in [6.07, 6.45) is 1.55. The molecular weight excluding hydrogens is 373 g/mol. The van der Waals surface area contributed by atoms with Gasteiger partial charge in [-0.05, 0) is 42.2 Å². The number of fused-ring (bicyclic) bond motifs is 1. The van der Waals surface area contributed by atoms with Gasteiger partial charge in [0.05, 0.1) is 22.5 Å². The van der Waals surface area contributed by atoms with E-state index in [4.69, 9.17) is 23.2 Å². The average Bonchev–Trinajstić information content (AvgIpc) is 2.62. The van der Waals surface area contributed by atoms with Crippen LogP contribution in [0.5, 0.6) is 0 Å². The zero-order valence-electron chi connectivity index (χ0n) is 14.0. The van der Waals surface area contributed by atoms with Gasteiger partial charge in [0.1, 0.15) is 0 Å². The summed E-state index contributed by atoms with van der Waals surface area (Å²) in [7, 11) is 0. The molecule has 0 spiro atoms. The first-order chi connectivity index (χ1) is 12.4. The number of hydrogen-bond acceptors (Lipinski definition) is 3. The third-order valence-corrected chi connectivity index (χ3v) is 5.46. The van der Waals surface area contributed by atoms with E-state index in [0.717, 1.165) is 12.1 Å². The Bertz CT molecular complexity index is 838. The van der Waals surface area contributed by atoms with Crippen molar-refractivity contribution in [3.8, 4) is 0 Å². The zero-order valence-corrected chi connectivity index (χ0v) is 15.6. The van der Waals surface area contributed by atoms with Crippen LogP contribution >= 0.6 is 23.2 Å². The van der Waals surface area contributed by atoms with Crippen LogP contribution < -0.4 is 5.32 Å². The second kappa shape index (κ2) is 8.11. The highest BCUT2D eigenvalue weighted by molar-refractivity contribution is 6.42. The van der Waals surface area contributed by atoms with Gasteiger partial charge in [-0.25, -0.2) is 0 Å². The third kappa shape index (κ3) is 4.37. The van der Waals surface area contributed by atoms with E-state index in [1.165, 1.54) is 5.56 Å². The predicted molar refractivity (Wildman–Crippen MR) is 103 cm³/mol. The maximum absolute atomic E-state index is 12.8. The standard InChI is InChI=1S/C20H19Cl2NO3/c21-15-7-5-13(9-16(15)22)14(11-20(25)26)10-19(24)18-8-6-12-3-1-2-4-17(12)23-18/h1-5,7,9,14,18,23H,6,8,10-11H2,(H,25,26). The van der Waals surface area contributed by atoms with Crippen molar-refractivity contribution >= 4 is 40.6 Å². The number of carboxylic acid groups (broad SMARTS) is 1. The summed E-state index contributed by atoms with van der Waals surface area (Å²) in [6, 6.07) is 12.6. The molecule has 2 aromatic carbocycles. The Kier molecular flexibility index (Phi) is 5.84. The predicted octanol–water partition coefficient (Wildman–Crippen LogP) is 4.94. The Morgan fingerprint density at radius 2 is 1.88 bits per heavy atom. The molecule has 0 saturated carbocycles. The smallest absolute Gasteiger partial charge is 0.303 e. The molecule has 0 amide bonds. The number of halogens is 2. The van der Waals surface area contributed by atoms with E-state index < -0.39 is 11.9 Å². The van der Waals surface area contributed by atoms with E-state index in [1.54, 1.807) is 18.2 Å². The van der Waals surface area contributed by atoms with Crippen LogP contribution in [-0.4, -0.2) is 22.9 Å². The van der Waals surface area contributed by atoms with Crippen LogP contribution in [-0.2, 0) is 16.0 Å². The van der Waals surface area contributed by atoms with Gasteiger partial charge >= 0.3 is 5.97 Å². The van der Waals surface area contributed by atoms with Crippen LogP contribution in [0.1, 0.15) is 36.3 Å². The minimum absolute atomic E-state index is 0.0109. The van der Waals surface area contributed by atoms with Gasteiger partial charge in [0, 0.05) is 18.0 Å². The van der Waals surface area contributed by atoms with Crippen molar-refractivity contribution < 1.29 is 14.7 Å². The van der Waals surface area contributed by atoms with Gasteiger partial charge in [-0.15, -0.1) is 0 Å². The average molecular weight is 392 g/mol. The maximum atomic E-state index is 12.8. The van der Waals surface area contributed by atoms with Crippen molar-refractivity contribution in [2.45, 2.75) is 37.6 Å². The summed E-state index contributed by atoms with van der Waals surface area (Å²) >= 11 is 12.0. The van der Waals surface area contributed by atoms with Crippen molar-refractivity contribution in [3.63, 3.8) is 0 Å². The summed E-state index contributed by atoms with van der Waals surface area (Å²) < 4.78 is 0. The molecule has 2 atom stereocenters. The number of rotatable bonds is 6. The SMILES string of the molecule is O=C(O)CC(CC(=O)C1CCc2ccccc2N1)c1ccc(Cl)c(Cl)c1. The first kappa shape index (κ1) is 18.7. The number of ketones is 1. The van der Waals surface area contributed by atoms with E-state index in [1.807, 2.05) is 24.3 Å². The fourth-order valence-corrected chi connectivity index (χ4v) is 3.66. The second-order valence-corrected chi connectivity index (χ2v) is 7.35. The van der Waals surface area contributed by atoms with Crippen LogP contribution in [0.3, 0.4) is 0 Å². The van der Waals surface area contributed by atoms with E-state index >= 15 is 0 Å². The van der Waals surface area contributed by atoms with Crippen molar-refractivity contribution in [1.29, 1.82) is 0 Å². The van der Waals surface area contributed by atoms with Crippen LogP contribution in [0, 0.1) is 0 Å². The van der Waals surface area contributed by atoms with Gasteiger partial charge in [-0.1, -0.05) is 47.5 Å². The van der Waals surface area contributed by atoms with Crippen molar-refractivity contribution in [3.05, 3.63) is 63.6 Å². The lowest BCUT2D eigenvalue weighted by atomic mass is 9.86. The van der Waals surface area contributed by atoms with Crippen LogP contribution in [0.4, 0.5) is 5.69 Å². The number of anilines is 1. The molecule has 1 aliphatic heterocycles. The first-order valence-corrected chi connectivity index (χ1v) is 9.23. The molecule has 0 radical (unpaired) electrons. The molecule has 0 saturated heterocycles. The van der Waals surface area contributed by atoms with Gasteiger partial charge in [-0.2, -0.15) is 0 Å². The molecule has 1 aliphatic rings. The van der Waals surface area contributed by atoms with Crippen molar-refractivity contribution in [2.75, 3.05) is 5.32 Å². The van der Waals surface area contributed by atoms with Gasteiger partial charge < -0.3 is 10.4 Å². The number of aliphatic carboxylic acids is 1. The van der Waals surface area contributed by atoms with E-state index in [9.17, 15) is 14.7 Å². The van der Waals surface area contributed by atoms with Crippen molar-refractivity contribution in [2.24, 2.45) is 0 Å². The molecule has 26 heavy (non-hydrogen) atoms. The van der Waals surface area contributed by atoms with Gasteiger partial charge in [0.2, 0.25) is 0 Å². The summed E-state index contributed by atoms with van der Waals surface area (Å²) in [5, 5.41) is 13.3. The molecule has 2 unspecified atom stereocenters. The third-order valence-electron chi connectivity index (χ3n) is 4.72. The highest BCUT2D eigenvalue weighted by atomic mass is 35.5. The fourth-order valence-electron chi connectivity index (χ4n) is 3.35. The van der Waals surface area contributed by atoms with Crippen LogP contribution in [0.15, 0.2) is 42.5 Å². The Morgan fingerprint density at radius 1 is 1.12 bits per heavy atom. The van der Waals surface area contributed by atoms with Gasteiger partial charge in [0.25, 0.3) is 0 Å². The molecule has 3 rings (SSSR count). The Balaban J connectivity index is 1.75. The lowest BCUT2D eigenvalue weighted by Gasteiger charge is -2.27. The lowest BCUT2D eigenvalue weighted by Crippen LogP contribution is -2.34. The number of carbonyl (C=O) groups is 2. The summed E-state index contributed by atoms with van der Waals surface area (Å²) in [5.74, 6) is -1.37. The van der Waals surface area contributed by atoms with E-state index in [-0.39, 0.29) is 24.7 Å². The number of aryl methyl sites for hydroxylation is 1. The number of Topliss-reactive ketones (excluding diaryl/α,β-unsaturated/α-hetero) is 1. The molecular formula is C20H19Cl2NO3. The summed E-state index contributed by atoms with van der Waals surface area (Å²) in [6.45, 7) is 0. The minimum Gasteiger partial charge on any atom is -0.481 e. The fraction of sp³-hybridized carbons (Fsp3) is 0.300. The molecule has 2 aromatic rings. The molecule has 0 aliphatic carbocycles. The Hall–Kier alpha value is -2.04. The molecule has 0 aromatic heterocycles. The molecule has 136 valence electrons. The molecule has 0 fully saturated rings. The van der Waals surface area contributed by atoms with Crippen LogP contribution in [0.25, 0.3) is 0 Å². The minimum atomic E-state index is -0.948. The lowest BCUT2D eigenvalue weighted by molar-refractivity contribution is -0.137. The highest BCUT2D eigenvalue weighted by Crippen LogP contribution is 2.32. The van der Waals surface area contributed by atoms with Gasteiger partial charge in [-0.3, -0.25) is 9.59 Å². The topological polar surface area (TPSA) is 66.4 Å². The quantitative estimate of drug-likeness (QED) is 0.731. The van der Waals surface area contributed by atoms with Crippen LogP contribution in [0.2, 0.25) is 10.0 Å². The number of hydrogen-bond donors (Lipinski definition) is 2. The second-order valence-electron chi connectivity index (χ2n) is 6.53. The Morgan fingerprint density at radius 3 is 2.62 bits per heavy atom. The number of para-hydroxylation sites is 1. The highest BCUT2D eigenvalue weighted by Gasteiger charge is 2.27. The number of carboxylic acids is 1. The monoisotopic (exact) mass is 391 g/mol.